The fourth-order valence-corrected chi connectivity index (χ4v) is 5.70. The van der Waals surface area contributed by atoms with E-state index in [1.54, 1.807) is 23.5 Å². The van der Waals surface area contributed by atoms with Crippen LogP contribution >= 0.6 is 11.3 Å². The summed E-state index contributed by atoms with van der Waals surface area (Å²) in [6.07, 6.45) is 0.899. The molecule has 5 nitrogen and oxygen atoms in total. The Kier molecular flexibility index (Phi) is 6.41. The highest BCUT2D eigenvalue weighted by atomic mass is 32.1. The van der Waals surface area contributed by atoms with Crippen LogP contribution in [-0.4, -0.2) is 65.3 Å². The summed E-state index contributed by atoms with van der Waals surface area (Å²) in [6, 6.07) is 8.68. The molecule has 4 rings (SSSR count). The van der Waals surface area contributed by atoms with Crippen LogP contribution in [0.5, 0.6) is 0 Å². The van der Waals surface area contributed by atoms with Crippen molar-refractivity contribution in [1.29, 1.82) is 0 Å². The Morgan fingerprint density at radius 3 is 2.62 bits per heavy atom. The average Bonchev–Trinajstić information content (AvgIpc) is 3.21. The third kappa shape index (κ3) is 4.59. The average molecular weight is 458 g/mol. The highest BCUT2D eigenvalue weighted by molar-refractivity contribution is 7.10. The minimum atomic E-state index is -0.426. The van der Waals surface area contributed by atoms with Crippen LogP contribution in [0.25, 0.3) is 0 Å². The zero-order valence-corrected chi connectivity index (χ0v) is 20.1. The fraction of sp³-hybridized carbons (Fsp3) is 0.520. The second-order valence-corrected chi connectivity index (χ2v) is 10.9. The third-order valence-electron chi connectivity index (χ3n) is 6.45. The van der Waals surface area contributed by atoms with Crippen LogP contribution in [0.2, 0.25) is 0 Å². The maximum absolute atomic E-state index is 14.0. The first-order valence-corrected chi connectivity index (χ1v) is 12.2. The van der Waals surface area contributed by atoms with E-state index >= 15 is 0 Å². The van der Waals surface area contributed by atoms with Crippen LogP contribution in [0, 0.1) is 11.2 Å². The summed E-state index contributed by atoms with van der Waals surface area (Å²) in [7, 11) is 0. The largest absolute Gasteiger partial charge is 0.338 e. The van der Waals surface area contributed by atoms with Gasteiger partial charge in [-0.3, -0.25) is 14.5 Å². The standard InChI is InChI=1S/C25H32FN3O2S/c1-17-15-27(11-12-29(17)24(31)25(2,3)4)22(30)16-28-10-8-21-20(9-13-32-21)23(28)18-6-5-7-19(26)14-18/h5-7,9,13-14,17,23H,8,10-12,15-16H2,1-4H3/t17-,23-/m0/s1. The fourth-order valence-electron chi connectivity index (χ4n) is 4.80. The molecule has 7 heteroatoms. The van der Waals surface area contributed by atoms with Crippen LogP contribution in [-0.2, 0) is 16.0 Å². The normalized spacial score (nSPS) is 22.0. The molecule has 2 amide bonds. The maximum Gasteiger partial charge on any atom is 0.236 e. The number of benzene rings is 1. The van der Waals surface area contributed by atoms with Crippen molar-refractivity contribution in [3.8, 4) is 0 Å². The molecule has 1 saturated heterocycles. The molecule has 1 aromatic carbocycles. The van der Waals surface area contributed by atoms with E-state index in [1.165, 1.54) is 16.5 Å². The quantitative estimate of drug-likeness (QED) is 0.701. The smallest absolute Gasteiger partial charge is 0.236 e. The molecule has 2 aromatic rings. The third-order valence-corrected chi connectivity index (χ3v) is 7.45. The molecular formula is C25H32FN3O2S. The Bertz CT molecular complexity index is 999. The number of hydrogen-bond donors (Lipinski definition) is 0. The van der Waals surface area contributed by atoms with Gasteiger partial charge in [-0.15, -0.1) is 11.3 Å². The number of piperazine rings is 1. The Balaban J connectivity index is 1.48. The molecule has 0 N–H and O–H groups in total. The first-order chi connectivity index (χ1) is 15.1. The number of hydrogen-bond acceptors (Lipinski definition) is 4. The number of amides is 2. The summed E-state index contributed by atoms with van der Waals surface area (Å²) < 4.78 is 14.0. The summed E-state index contributed by atoms with van der Waals surface area (Å²) in [5, 5.41) is 2.08. The van der Waals surface area contributed by atoms with Gasteiger partial charge in [0.2, 0.25) is 11.8 Å². The molecule has 0 spiro atoms. The number of carbonyl (C=O) groups is 2. The first kappa shape index (κ1) is 22.9. The van der Waals surface area contributed by atoms with Gasteiger partial charge in [0.15, 0.2) is 0 Å². The lowest BCUT2D eigenvalue weighted by Gasteiger charge is -2.43. The number of rotatable bonds is 3. The molecule has 3 heterocycles. The summed E-state index contributed by atoms with van der Waals surface area (Å²) in [5.74, 6) is -0.0614. The van der Waals surface area contributed by atoms with Crippen LogP contribution in [0.1, 0.15) is 49.7 Å². The SMILES string of the molecule is C[C@H]1CN(C(=O)CN2CCc3sccc3[C@@H]2c2cccc(F)c2)CCN1C(=O)C(C)(C)C. The minimum Gasteiger partial charge on any atom is -0.338 e. The molecule has 2 aliphatic heterocycles. The van der Waals surface area contributed by atoms with Crippen molar-refractivity contribution in [3.63, 3.8) is 0 Å². The van der Waals surface area contributed by atoms with Gasteiger partial charge < -0.3 is 9.80 Å². The van der Waals surface area contributed by atoms with Gasteiger partial charge in [0.25, 0.3) is 0 Å². The Labute approximate surface area is 193 Å². The summed E-state index contributed by atoms with van der Waals surface area (Å²) in [6.45, 7) is 10.5. The van der Waals surface area contributed by atoms with Gasteiger partial charge in [-0.1, -0.05) is 32.9 Å². The van der Waals surface area contributed by atoms with E-state index in [2.05, 4.69) is 16.3 Å². The predicted molar refractivity (Wildman–Crippen MR) is 125 cm³/mol. The highest BCUT2D eigenvalue weighted by Crippen LogP contribution is 2.38. The molecule has 0 aliphatic carbocycles. The molecule has 1 aromatic heterocycles. The second-order valence-electron chi connectivity index (χ2n) is 9.91. The van der Waals surface area contributed by atoms with Gasteiger partial charge in [-0.25, -0.2) is 4.39 Å². The number of nitrogens with zero attached hydrogens (tertiary/aromatic N) is 3. The van der Waals surface area contributed by atoms with E-state index in [0.29, 0.717) is 19.6 Å². The van der Waals surface area contributed by atoms with E-state index in [4.69, 9.17) is 0 Å². The van der Waals surface area contributed by atoms with Crippen LogP contribution in [0.4, 0.5) is 4.39 Å². The predicted octanol–water partition coefficient (Wildman–Crippen LogP) is 3.94. The zero-order valence-electron chi connectivity index (χ0n) is 19.3. The molecule has 1 fully saturated rings. The highest BCUT2D eigenvalue weighted by Gasteiger charge is 2.36. The summed E-state index contributed by atoms with van der Waals surface area (Å²) >= 11 is 1.73. The lowest BCUT2D eigenvalue weighted by Crippen LogP contribution is -2.58. The van der Waals surface area contributed by atoms with Gasteiger partial charge in [-0.05, 0) is 48.1 Å². The lowest BCUT2D eigenvalue weighted by molar-refractivity contribution is -0.148. The van der Waals surface area contributed by atoms with Crippen molar-refractivity contribution in [2.45, 2.75) is 46.2 Å². The van der Waals surface area contributed by atoms with Crippen molar-refractivity contribution in [3.05, 3.63) is 57.5 Å². The lowest BCUT2D eigenvalue weighted by atomic mass is 9.93. The van der Waals surface area contributed by atoms with E-state index in [1.807, 2.05) is 43.6 Å². The van der Waals surface area contributed by atoms with Crippen molar-refractivity contribution < 1.29 is 14.0 Å². The van der Waals surface area contributed by atoms with Crippen molar-refractivity contribution in [1.82, 2.24) is 14.7 Å². The van der Waals surface area contributed by atoms with Gasteiger partial charge in [0, 0.05) is 42.5 Å². The van der Waals surface area contributed by atoms with Crippen molar-refractivity contribution in [2.75, 3.05) is 32.7 Å². The van der Waals surface area contributed by atoms with E-state index in [0.717, 1.165) is 18.5 Å². The number of halogens is 1. The summed E-state index contributed by atoms with van der Waals surface area (Å²) in [4.78, 5) is 33.3. The first-order valence-electron chi connectivity index (χ1n) is 11.3. The van der Waals surface area contributed by atoms with E-state index in [9.17, 15) is 14.0 Å². The van der Waals surface area contributed by atoms with Crippen molar-refractivity contribution in [2.24, 2.45) is 5.41 Å². The second kappa shape index (κ2) is 8.94. The Morgan fingerprint density at radius 1 is 1.16 bits per heavy atom. The Morgan fingerprint density at radius 2 is 1.94 bits per heavy atom. The van der Waals surface area contributed by atoms with Crippen LogP contribution in [0.15, 0.2) is 35.7 Å². The van der Waals surface area contributed by atoms with Gasteiger partial charge in [0.05, 0.1) is 12.6 Å². The van der Waals surface area contributed by atoms with Crippen molar-refractivity contribution >= 4 is 23.2 Å². The number of carbonyl (C=O) groups excluding carboxylic acids is 2. The molecule has 0 bridgehead atoms. The van der Waals surface area contributed by atoms with Crippen LogP contribution in [0.3, 0.4) is 0 Å². The number of thiophene rings is 1. The molecule has 32 heavy (non-hydrogen) atoms. The van der Waals surface area contributed by atoms with Gasteiger partial charge in [-0.2, -0.15) is 0 Å². The summed E-state index contributed by atoms with van der Waals surface area (Å²) in [5.41, 5.74) is 1.63. The topological polar surface area (TPSA) is 43.9 Å². The van der Waals surface area contributed by atoms with E-state index in [-0.39, 0.29) is 36.3 Å². The molecule has 2 aliphatic rings. The molecule has 0 unspecified atom stereocenters. The maximum atomic E-state index is 14.0. The molecular weight excluding hydrogens is 425 g/mol. The molecule has 0 radical (unpaired) electrons. The van der Waals surface area contributed by atoms with Crippen LogP contribution < -0.4 is 0 Å². The van der Waals surface area contributed by atoms with E-state index < -0.39 is 5.41 Å². The molecule has 2 atom stereocenters. The molecule has 0 saturated carbocycles. The zero-order chi connectivity index (χ0) is 23.0. The number of fused-ring (bicyclic) bond motifs is 1. The van der Waals surface area contributed by atoms with Gasteiger partial charge >= 0.3 is 0 Å². The minimum absolute atomic E-state index is 0.0109. The molecule has 172 valence electrons. The Hall–Kier alpha value is -2.25. The van der Waals surface area contributed by atoms with Gasteiger partial charge in [0.1, 0.15) is 5.82 Å². The monoisotopic (exact) mass is 457 g/mol.